The molecule has 0 aliphatic heterocycles. The molecule has 0 fully saturated rings. The van der Waals surface area contributed by atoms with Gasteiger partial charge >= 0.3 is 0 Å². The second-order valence-electron chi connectivity index (χ2n) is 3.59. The smallest absolute Gasteiger partial charge is 0.115 e. The zero-order chi connectivity index (χ0) is 12.3. The molecule has 0 aliphatic carbocycles. The third kappa shape index (κ3) is 2.30. The lowest BCUT2D eigenvalue weighted by molar-refractivity contribution is 0.561. The highest BCUT2D eigenvalue weighted by molar-refractivity contribution is 6.31. The Morgan fingerprint density at radius 3 is 2.65 bits per heavy atom. The third-order valence-corrected chi connectivity index (χ3v) is 2.90. The molecular formula is C11H14ClN5. The lowest BCUT2D eigenvalue weighted by Gasteiger charge is -2.17. The molecule has 1 unspecified atom stereocenters. The molecule has 0 aromatic carbocycles. The molecular weight excluding hydrogens is 238 g/mol. The van der Waals surface area contributed by atoms with Gasteiger partial charge in [-0.25, -0.2) is 9.97 Å². The van der Waals surface area contributed by atoms with Gasteiger partial charge in [-0.2, -0.15) is 5.10 Å². The van der Waals surface area contributed by atoms with Gasteiger partial charge in [-0.15, -0.1) is 0 Å². The van der Waals surface area contributed by atoms with Gasteiger partial charge in [0.05, 0.1) is 23.0 Å². The van der Waals surface area contributed by atoms with Crippen molar-refractivity contribution >= 4 is 11.6 Å². The fourth-order valence-electron chi connectivity index (χ4n) is 1.83. The first-order chi connectivity index (χ1) is 8.27. The number of aryl methyl sites for hydroxylation is 1. The topological polar surface area (TPSA) is 55.6 Å². The second kappa shape index (κ2) is 5.25. The molecule has 5 nitrogen and oxygen atoms in total. The molecule has 0 bridgehead atoms. The van der Waals surface area contributed by atoms with Crippen LogP contribution in [0.15, 0.2) is 24.9 Å². The minimum atomic E-state index is -0.0499. The van der Waals surface area contributed by atoms with Crippen molar-refractivity contribution in [1.82, 2.24) is 25.1 Å². The van der Waals surface area contributed by atoms with Gasteiger partial charge in [-0.1, -0.05) is 11.6 Å². The van der Waals surface area contributed by atoms with Crippen LogP contribution in [-0.2, 0) is 6.54 Å². The Labute approximate surface area is 105 Å². The number of rotatable bonds is 4. The van der Waals surface area contributed by atoms with E-state index in [1.807, 2.05) is 18.7 Å². The number of halogens is 1. The maximum atomic E-state index is 6.18. The SMILES string of the molecule is CCn1ncc(Cl)c1C(NC)c1cncnc1. The van der Waals surface area contributed by atoms with Gasteiger partial charge in [0.2, 0.25) is 0 Å². The highest BCUT2D eigenvalue weighted by Crippen LogP contribution is 2.27. The fraction of sp³-hybridized carbons (Fsp3) is 0.364. The van der Waals surface area contributed by atoms with E-state index in [-0.39, 0.29) is 6.04 Å². The van der Waals surface area contributed by atoms with Crippen molar-refractivity contribution in [1.29, 1.82) is 0 Å². The summed E-state index contributed by atoms with van der Waals surface area (Å²) in [6.45, 7) is 2.80. The molecule has 2 aromatic rings. The summed E-state index contributed by atoms with van der Waals surface area (Å²) in [4.78, 5) is 8.05. The van der Waals surface area contributed by atoms with Crippen LogP contribution in [-0.4, -0.2) is 26.8 Å². The van der Waals surface area contributed by atoms with E-state index in [9.17, 15) is 0 Å². The molecule has 1 N–H and O–H groups in total. The lowest BCUT2D eigenvalue weighted by Crippen LogP contribution is -2.22. The number of hydrogen-bond acceptors (Lipinski definition) is 4. The summed E-state index contributed by atoms with van der Waals surface area (Å²) >= 11 is 6.18. The highest BCUT2D eigenvalue weighted by Gasteiger charge is 2.20. The predicted molar refractivity (Wildman–Crippen MR) is 65.8 cm³/mol. The Kier molecular flexibility index (Phi) is 3.71. The molecule has 0 saturated carbocycles. The van der Waals surface area contributed by atoms with E-state index in [0.29, 0.717) is 5.02 Å². The molecule has 0 aliphatic rings. The maximum absolute atomic E-state index is 6.18. The summed E-state index contributed by atoms with van der Waals surface area (Å²) in [6, 6.07) is -0.0499. The monoisotopic (exact) mass is 251 g/mol. The molecule has 2 aromatic heterocycles. The van der Waals surface area contributed by atoms with Crippen molar-refractivity contribution in [3.8, 4) is 0 Å². The van der Waals surface area contributed by atoms with Gasteiger partial charge in [0.1, 0.15) is 6.33 Å². The Hall–Kier alpha value is -1.46. The van der Waals surface area contributed by atoms with E-state index in [1.54, 1.807) is 18.6 Å². The van der Waals surface area contributed by atoms with Crippen LogP contribution in [0.1, 0.15) is 24.2 Å². The van der Waals surface area contributed by atoms with Gasteiger partial charge in [0.25, 0.3) is 0 Å². The largest absolute Gasteiger partial charge is 0.308 e. The minimum absolute atomic E-state index is 0.0499. The summed E-state index contributed by atoms with van der Waals surface area (Å²) in [5, 5.41) is 8.09. The molecule has 2 heterocycles. The Bertz CT molecular complexity index is 482. The van der Waals surface area contributed by atoms with E-state index in [4.69, 9.17) is 11.6 Å². The predicted octanol–water partition coefficient (Wildman–Crippen LogP) is 1.66. The Balaban J connectivity index is 2.45. The minimum Gasteiger partial charge on any atom is -0.308 e. The standard InChI is InChI=1S/C11H14ClN5/c1-3-17-11(9(12)6-16-17)10(13-2)8-4-14-7-15-5-8/h4-7,10,13H,3H2,1-2H3. The molecule has 90 valence electrons. The first-order valence-corrected chi connectivity index (χ1v) is 5.79. The fourth-order valence-corrected chi connectivity index (χ4v) is 2.08. The zero-order valence-electron chi connectivity index (χ0n) is 9.76. The molecule has 1 atom stereocenters. The van der Waals surface area contributed by atoms with E-state index in [0.717, 1.165) is 17.8 Å². The summed E-state index contributed by atoms with van der Waals surface area (Å²) < 4.78 is 1.87. The third-order valence-electron chi connectivity index (χ3n) is 2.61. The summed E-state index contributed by atoms with van der Waals surface area (Å²) in [5.41, 5.74) is 1.90. The highest BCUT2D eigenvalue weighted by atomic mass is 35.5. The van der Waals surface area contributed by atoms with Crippen molar-refractivity contribution in [2.75, 3.05) is 7.05 Å². The molecule has 6 heteroatoms. The van der Waals surface area contributed by atoms with Crippen LogP contribution in [0.25, 0.3) is 0 Å². The van der Waals surface area contributed by atoms with Crippen molar-refractivity contribution in [3.63, 3.8) is 0 Å². The van der Waals surface area contributed by atoms with E-state index in [2.05, 4.69) is 20.4 Å². The Morgan fingerprint density at radius 1 is 1.35 bits per heavy atom. The van der Waals surface area contributed by atoms with Crippen LogP contribution in [0.3, 0.4) is 0 Å². The van der Waals surface area contributed by atoms with E-state index < -0.39 is 0 Å². The quantitative estimate of drug-likeness (QED) is 0.898. The van der Waals surface area contributed by atoms with E-state index in [1.165, 1.54) is 6.33 Å². The summed E-state index contributed by atoms with van der Waals surface area (Å²) in [6.07, 6.45) is 6.72. The Morgan fingerprint density at radius 2 is 2.06 bits per heavy atom. The summed E-state index contributed by atoms with van der Waals surface area (Å²) in [5.74, 6) is 0. The van der Waals surface area contributed by atoms with Crippen molar-refractivity contribution < 1.29 is 0 Å². The van der Waals surface area contributed by atoms with Crippen molar-refractivity contribution in [3.05, 3.63) is 41.2 Å². The molecule has 0 spiro atoms. The van der Waals surface area contributed by atoms with Gasteiger partial charge < -0.3 is 5.32 Å². The van der Waals surface area contributed by atoms with Gasteiger partial charge in [0, 0.05) is 24.5 Å². The van der Waals surface area contributed by atoms with E-state index >= 15 is 0 Å². The summed E-state index contributed by atoms with van der Waals surface area (Å²) in [7, 11) is 1.88. The molecule has 0 amide bonds. The lowest BCUT2D eigenvalue weighted by atomic mass is 10.1. The van der Waals surface area contributed by atoms with Crippen LogP contribution in [0.5, 0.6) is 0 Å². The van der Waals surface area contributed by atoms with Gasteiger partial charge in [0.15, 0.2) is 0 Å². The van der Waals surface area contributed by atoms with Gasteiger partial charge in [-0.05, 0) is 14.0 Å². The molecule has 2 rings (SSSR count). The van der Waals surface area contributed by atoms with Crippen LogP contribution in [0.2, 0.25) is 5.02 Å². The van der Waals surface area contributed by atoms with Crippen LogP contribution < -0.4 is 5.32 Å². The average Bonchev–Trinajstić information content (AvgIpc) is 2.74. The van der Waals surface area contributed by atoms with Crippen LogP contribution in [0, 0.1) is 0 Å². The number of nitrogens with zero attached hydrogens (tertiary/aromatic N) is 4. The van der Waals surface area contributed by atoms with Gasteiger partial charge in [-0.3, -0.25) is 4.68 Å². The first kappa shape index (κ1) is 12.0. The first-order valence-electron chi connectivity index (χ1n) is 5.41. The number of aromatic nitrogens is 4. The molecule has 0 radical (unpaired) electrons. The van der Waals surface area contributed by atoms with Crippen LogP contribution >= 0.6 is 11.6 Å². The second-order valence-corrected chi connectivity index (χ2v) is 3.99. The molecule has 17 heavy (non-hydrogen) atoms. The maximum Gasteiger partial charge on any atom is 0.115 e. The number of nitrogens with one attached hydrogen (secondary N) is 1. The zero-order valence-corrected chi connectivity index (χ0v) is 10.5. The van der Waals surface area contributed by atoms with Crippen molar-refractivity contribution in [2.45, 2.75) is 19.5 Å². The molecule has 0 saturated heterocycles. The van der Waals surface area contributed by atoms with Crippen LogP contribution in [0.4, 0.5) is 0 Å². The normalized spacial score (nSPS) is 12.6. The number of hydrogen-bond donors (Lipinski definition) is 1. The van der Waals surface area contributed by atoms with Crippen molar-refractivity contribution in [2.24, 2.45) is 0 Å². The average molecular weight is 252 g/mol.